The van der Waals surface area contributed by atoms with E-state index < -0.39 is 0 Å². The molecule has 0 fully saturated rings. The maximum absolute atomic E-state index is 12.7. The monoisotopic (exact) mass is 369 g/mol. The Balaban J connectivity index is 1.88. The number of hydrogen-bond acceptors (Lipinski definition) is 5. The minimum atomic E-state index is -0.244. The number of ketones is 1. The molecule has 0 spiro atoms. The summed E-state index contributed by atoms with van der Waals surface area (Å²) in [5, 5.41) is 4.84. The fourth-order valence-electron chi connectivity index (χ4n) is 2.52. The van der Waals surface area contributed by atoms with Crippen LogP contribution in [-0.4, -0.2) is 30.3 Å². The second-order valence-electron chi connectivity index (χ2n) is 5.17. The van der Waals surface area contributed by atoms with Crippen molar-refractivity contribution >= 4 is 34.6 Å². The first-order valence-corrected chi connectivity index (χ1v) is 8.01. The SMILES string of the molecule is O=C(c1ccccn1)c1cnn2c(-c3cc(Cl)nc(Cl)c3)ccnc12. The van der Waals surface area contributed by atoms with E-state index in [4.69, 9.17) is 23.2 Å². The van der Waals surface area contributed by atoms with E-state index in [1.54, 1.807) is 53.3 Å². The van der Waals surface area contributed by atoms with Crippen LogP contribution in [0.4, 0.5) is 0 Å². The third kappa shape index (κ3) is 2.86. The number of rotatable bonds is 3. The van der Waals surface area contributed by atoms with E-state index in [0.29, 0.717) is 22.6 Å². The van der Waals surface area contributed by atoms with Crippen LogP contribution < -0.4 is 0 Å². The summed E-state index contributed by atoms with van der Waals surface area (Å²) < 4.78 is 1.57. The van der Waals surface area contributed by atoms with E-state index in [9.17, 15) is 4.79 Å². The molecule has 0 N–H and O–H groups in total. The van der Waals surface area contributed by atoms with Gasteiger partial charge in [-0.25, -0.2) is 14.5 Å². The predicted molar refractivity (Wildman–Crippen MR) is 93.9 cm³/mol. The summed E-state index contributed by atoms with van der Waals surface area (Å²) in [6.07, 6.45) is 4.65. The molecule has 4 aromatic heterocycles. The number of pyridine rings is 2. The van der Waals surface area contributed by atoms with Gasteiger partial charge < -0.3 is 0 Å². The molecule has 122 valence electrons. The Labute approximate surface area is 152 Å². The van der Waals surface area contributed by atoms with Gasteiger partial charge in [-0.2, -0.15) is 5.10 Å². The molecule has 0 saturated carbocycles. The number of hydrogen-bond donors (Lipinski definition) is 0. The number of aromatic nitrogens is 5. The van der Waals surface area contributed by atoms with Crippen molar-refractivity contribution < 1.29 is 4.79 Å². The van der Waals surface area contributed by atoms with E-state index in [-0.39, 0.29) is 16.1 Å². The minimum absolute atomic E-state index is 0.244. The summed E-state index contributed by atoms with van der Waals surface area (Å²) in [5.74, 6) is -0.244. The van der Waals surface area contributed by atoms with E-state index >= 15 is 0 Å². The van der Waals surface area contributed by atoms with Crippen LogP contribution in [0.5, 0.6) is 0 Å². The molecule has 0 amide bonds. The molecular weight excluding hydrogens is 361 g/mol. The van der Waals surface area contributed by atoms with E-state index in [0.717, 1.165) is 5.56 Å². The van der Waals surface area contributed by atoms with Gasteiger partial charge in [0.2, 0.25) is 5.78 Å². The van der Waals surface area contributed by atoms with E-state index in [1.165, 1.54) is 6.20 Å². The fourth-order valence-corrected chi connectivity index (χ4v) is 2.98. The quantitative estimate of drug-likeness (QED) is 0.406. The first-order chi connectivity index (χ1) is 12.1. The van der Waals surface area contributed by atoms with Crippen LogP contribution >= 0.6 is 23.2 Å². The smallest absolute Gasteiger partial charge is 0.216 e. The van der Waals surface area contributed by atoms with Crippen LogP contribution in [0.1, 0.15) is 16.1 Å². The number of halogens is 2. The highest BCUT2D eigenvalue weighted by Crippen LogP contribution is 2.26. The number of fused-ring (bicyclic) bond motifs is 1. The van der Waals surface area contributed by atoms with Crippen molar-refractivity contribution in [1.82, 2.24) is 24.6 Å². The van der Waals surface area contributed by atoms with Crippen molar-refractivity contribution in [3.05, 3.63) is 76.6 Å². The van der Waals surface area contributed by atoms with Crippen molar-refractivity contribution in [2.24, 2.45) is 0 Å². The van der Waals surface area contributed by atoms with E-state index in [2.05, 4.69) is 20.1 Å². The molecule has 25 heavy (non-hydrogen) atoms. The van der Waals surface area contributed by atoms with Gasteiger partial charge in [0.15, 0.2) is 5.65 Å². The Morgan fingerprint density at radius 2 is 1.80 bits per heavy atom. The molecule has 4 aromatic rings. The highest BCUT2D eigenvalue weighted by Gasteiger charge is 2.18. The Bertz CT molecular complexity index is 1070. The normalized spacial score (nSPS) is 11.0. The van der Waals surface area contributed by atoms with Gasteiger partial charge in [0, 0.05) is 18.0 Å². The van der Waals surface area contributed by atoms with Crippen LogP contribution in [-0.2, 0) is 0 Å². The van der Waals surface area contributed by atoms with Gasteiger partial charge in [-0.3, -0.25) is 9.78 Å². The summed E-state index contributed by atoms with van der Waals surface area (Å²) in [7, 11) is 0. The molecule has 6 nitrogen and oxygen atoms in total. The van der Waals surface area contributed by atoms with Crippen LogP contribution in [0.2, 0.25) is 10.3 Å². The van der Waals surface area contributed by atoms with Gasteiger partial charge >= 0.3 is 0 Å². The maximum Gasteiger partial charge on any atom is 0.216 e. The van der Waals surface area contributed by atoms with Gasteiger partial charge in [0.05, 0.1) is 17.5 Å². The lowest BCUT2D eigenvalue weighted by atomic mass is 10.1. The molecule has 4 heterocycles. The molecular formula is C17H9Cl2N5O. The third-order valence-corrected chi connectivity index (χ3v) is 3.99. The average molecular weight is 370 g/mol. The molecule has 0 aliphatic carbocycles. The number of carbonyl (C=O) groups excluding carboxylic acids is 1. The van der Waals surface area contributed by atoms with E-state index in [1.807, 2.05) is 0 Å². The summed E-state index contributed by atoms with van der Waals surface area (Å²) in [5.41, 5.74) is 2.54. The standard InChI is InChI=1S/C17H9Cl2N5O/c18-14-7-10(8-15(19)23-14)13-4-6-21-17-11(9-22-24(13)17)16(25)12-3-1-2-5-20-12/h1-9H. The van der Waals surface area contributed by atoms with Crippen molar-refractivity contribution in [3.8, 4) is 11.3 Å². The average Bonchev–Trinajstić information content (AvgIpc) is 3.05. The fraction of sp³-hybridized carbons (Fsp3) is 0. The maximum atomic E-state index is 12.7. The van der Waals surface area contributed by atoms with Crippen molar-refractivity contribution in [3.63, 3.8) is 0 Å². The molecule has 0 unspecified atom stereocenters. The zero-order valence-electron chi connectivity index (χ0n) is 12.6. The molecule has 0 radical (unpaired) electrons. The van der Waals surface area contributed by atoms with Gasteiger partial charge in [-0.05, 0) is 30.3 Å². The van der Waals surface area contributed by atoms with Crippen LogP contribution in [0.25, 0.3) is 16.9 Å². The molecule has 0 aliphatic rings. The Morgan fingerprint density at radius 3 is 2.52 bits per heavy atom. The van der Waals surface area contributed by atoms with Gasteiger partial charge in [0.1, 0.15) is 16.0 Å². The van der Waals surface area contributed by atoms with Crippen molar-refractivity contribution in [1.29, 1.82) is 0 Å². The van der Waals surface area contributed by atoms with Gasteiger partial charge in [-0.15, -0.1) is 0 Å². The van der Waals surface area contributed by atoms with Crippen LogP contribution in [0.3, 0.4) is 0 Å². The molecule has 0 aromatic carbocycles. The Hall–Kier alpha value is -2.83. The summed E-state index contributed by atoms with van der Waals surface area (Å²) in [6.45, 7) is 0. The summed E-state index contributed by atoms with van der Waals surface area (Å²) in [4.78, 5) is 25.0. The van der Waals surface area contributed by atoms with Crippen LogP contribution in [0.15, 0.2) is 55.0 Å². The second-order valence-corrected chi connectivity index (χ2v) is 5.94. The van der Waals surface area contributed by atoms with Gasteiger partial charge in [0.25, 0.3) is 0 Å². The second kappa shape index (κ2) is 6.23. The number of nitrogens with zero attached hydrogens (tertiary/aromatic N) is 5. The molecule has 8 heteroatoms. The zero-order valence-corrected chi connectivity index (χ0v) is 14.1. The first kappa shape index (κ1) is 15.7. The number of carbonyl (C=O) groups is 1. The Morgan fingerprint density at radius 1 is 1.00 bits per heavy atom. The molecule has 0 atom stereocenters. The predicted octanol–water partition coefficient (Wildman–Crippen LogP) is 3.72. The lowest BCUT2D eigenvalue weighted by Gasteiger charge is -2.06. The van der Waals surface area contributed by atoms with Gasteiger partial charge in [-0.1, -0.05) is 29.3 Å². The lowest BCUT2D eigenvalue weighted by Crippen LogP contribution is -2.04. The summed E-state index contributed by atoms with van der Waals surface area (Å²) in [6, 6.07) is 10.3. The zero-order chi connectivity index (χ0) is 17.4. The molecule has 0 saturated heterocycles. The van der Waals surface area contributed by atoms with Crippen molar-refractivity contribution in [2.45, 2.75) is 0 Å². The topological polar surface area (TPSA) is 73.0 Å². The summed E-state index contributed by atoms with van der Waals surface area (Å²) >= 11 is 12.0. The minimum Gasteiger partial charge on any atom is -0.287 e. The highest BCUT2D eigenvalue weighted by atomic mass is 35.5. The third-order valence-electron chi connectivity index (χ3n) is 3.60. The largest absolute Gasteiger partial charge is 0.287 e. The lowest BCUT2D eigenvalue weighted by molar-refractivity contribution is 0.103. The molecule has 0 bridgehead atoms. The molecule has 4 rings (SSSR count). The van der Waals surface area contributed by atoms with Crippen molar-refractivity contribution in [2.75, 3.05) is 0 Å². The first-order valence-electron chi connectivity index (χ1n) is 7.25. The Kier molecular flexibility index (Phi) is 3.91. The molecule has 0 aliphatic heterocycles. The highest BCUT2D eigenvalue weighted by molar-refractivity contribution is 6.32. The van der Waals surface area contributed by atoms with Crippen LogP contribution in [0, 0.1) is 0 Å².